The molecular formula is C12H11FN2O2S. The highest BCUT2D eigenvalue weighted by atomic mass is 32.1. The van der Waals surface area contributed by atoms with Gasteiger partial charge in [0.15, 0.2) is 0 Å². The Morgan fingerprint density at radius 3 is 2.89 bits per heavy atom. The number of hydrogen-bond acceptors (Lipinski definition) is 4. The van der Waals surface area contributed by atoms with Gasteiger partial charge in [-0.2, -0.15) is 0 Å². The van der Waals surface area contributed by atoms with Crippen molar-refractivity contribution in [2.24, 2.45) is 5.73 Å². The topological polar surface area (TPSA) is 76.2 Å². The molecular weight excluding hydrogens is 255 g/mol. The fourth-order valence-electron chi connectivity index (χ4n) is 1.41. The Kier molecular flexibility index (Phi) is 3.40. The van der Waals surface area contributed by atoms with E-state index in [0.29, 0.717) is 16.1 Å². The van der Waals surface area contributed by atoms with Crippen LogP contribution in [0.15, 0.2) is 23.6 Å². The Morgan fingerprint density at radius 2 is 2.28 bits per heavy atom. The molecule has 1 heterocycles. The highest BCUT2D eigenvalue weighted by Gasteiger charge is 2.18. The molecule has 2 rings (SSSR count). The van der Waals surface area contributed by atoms with Gasteiger partial charge >= 0.3 is 5.97 Å². The molecule has 0 saturated carbocycles. The van der Waals surface area contributed by atoms with Gasteiger partial charge in [-0.3, -0.25) is 4.79 Å². The fraction of sp³-hybridized carbons (Fsp3) is 0.167. The van der Waals surface area contributed by atoms with Crippen LogP contribution < -0.4 is 5.73 Å². The number of rotatable bonds is 3. The van der Waals surface area contributed by atoms with Crippen molar-refractivity contribution in [3.8, 4) is 10.6 Å². The number of thiazole rings is 1. The number of aryl methyl sites for hydroxylation is 1. The van der Waals surface area contributed by atoms with Crippen molar-refractivity contribution in [2.45, 2.75) is 13.0 Å². The van der Waals surface area contributed by atoms with Gasteiger partial charge < -0.3 is 10.8 Å². The Bertz CT molecular complexity index is 598. The van der Waals surface area contributed by atoms with Gasteiger partial charge in [0.25, 0.3) is 0 Å². The molecule has 1 unspecified atom stereocenters. The van der Waals surface area contributed by atoms with Crippen LogP contribution in [0.4, 0.5) is 4.39 Å². The third-order valence-corrected chi connectivity index (χ3v) is 3.44. The number of halogens is 1. The van der Waals surface area contributed by atoms with E-state index < -0.39 is 12.0 Å². The second-order valence-corrected chi connectivity index (χ2v) is 4.72. The summed E-state index contributed by atoms with van der Waals surface area (Å²) in [4.78, 5) is 14.8. The number of aromatic nitrogens is 1. The molecule has 2 aromatic rings. The molecule has 0 amide bonds. The van der Waals surface area contributed by atoms with E-state index in [2.05, 4.69) is 4.98 Å². The number of nitrogens with two attached hydrogens (primary N) is 1. The smallest absolute Gasteiger partial charge is 0.326 e. The number of aliphatic carboxylic acids is 1. The molecule has 1 atom stereocenters. The third kappa shape index (κ3) is 2.39. The van der Waals surface area contributed by atoms with Crippen LogP contribution in [0.25, 0.3) is 10.6 Å². The normalized spacial score (nSPS) is 12.4. The Balaban J connectivity index is 2.35. The lowest BCUT2D eigenvalue weighted by Gasteiger charge is -2.01. The second-order valence-electron chi connectivity index (χ2n) is 3.86. The molecule has 0 fully saturated rings. The number of carboxylic acid groups (broad SMARTS) is 1. The van der Waals surface area contributed by atoms with Crippen LogP contribution >= 0.6 is 11.3 Å². The molecule has 0 aliphatic rings. The van der Waals surface area contributed by atoms with E-state index in [1.54, 1.807) is 24.4 Å². The first-order chi connectivity index (χ1) is 8.49. The van der Waals surface area contributed by atoms with Crippen molar-refractivity contribution < 1.29 is 14.3 Å². The summed E-state index contributed by atoms with van der Waals surface area (Å²) in [6, 6.07) is 3.63. The SMILES string of the molecule is Cc1ccc(-c2nc(C(N)C(=O)O)cs2)cc1F. The van der Waals surface area contributed by atoms with Crippen LogP contribution in [0.2, 0.25) is 0 Å². The van der Waals surface area contributed by atoms with Crippen LogP contribution in [-0.2, 0) is 4.79 Å². The van der Waals surface area contributed by atoms with Gasteiger partial charge in [-0.25, -0.2) is 9.37 Å². The lowest BCUT2D eigenvalue weighted by Crippen LogP contribution is -2.20. The van der Waals surface area contributed by atoms with Gasteiger partial charge in [-0.1, -0.05) is 12.1 Å². The zero-order valence-corrected chi connectivity index (χ0v) is 10.4. The average Bonchev–Trinajstić information content (AvgIpc) is 2.81. The lowest BCUT2D eigenvalue weighted by atomic mass is 10.1. The van der Waals surface area contributed by atoms with E-state index in [9.17, 15) is 9.18 Å². The van der Waals surface area contributed by atoms with Crippen molar-refractivity contribution in [2.75, 3.05) is 0 Å². The van der Waals surface area contributed by atoms with Crippen LogP contribution in [0.5, 0.6) is 0 Å². The first-order valence-corrected chi connectivity index (χ1v) is 6.07. The number of hydrogen-bond donors (Lipinski definition) is 2. The molecule has 6 heteroatoms. The summed E-state index contributed by atoms with van der Waals surface area (Å²) >= 11 is 1.24. The maximum atomic E-state index is 13.4. The van der Waals surface area contributed by atoms with E-state index in [1.807, 2.05) is 0 Å². The molecule has 1 aromatic carbocycles. The predicted molar refractivity (Wildman–Crippen MR) is 66.8 cm³/mol. The van der Waals surface area contributed by atoms with Crippen LogP contribution in [0.1, 0.15) is 17.3 Å². The molecule has 0 aliphatic heterocycles. The maximum absolute atomic E-state index is 13.4. The van der Waals surface area contributed by atoms with Crippen molar-refractivity contribution >= 4 is 17.3 Å². The molecule has 0 bridgehead atoms. The van der Waals surface area contributed by atoms with Gasteiger partial charge in [0, 0.05) is 10.9 Å². The molecule has 0 radical (unpaired) electrons. The van der Waals surface area contributed by atoms with Crippen molar-refractivity contribution in [3.05, 3.63) is 40.7 Å². The molecule has 0 saturated heterocycles. The summed E-state index contributed by atoms with van der Waals surface area (Å²) in [5.41, 5.74) is 6.91. The first-order valence-electron chi connectivity index (χ1n) is 5.19. The summed E-state index contributed by atoms with van der Waals surface area (Å²) in [5.74, 6) is -1.45. The van der Waals surface area contributed by atoms with E-state index in [0.717, 1.165) is 0 Å². The molecule has 0 aliphatic carbocycles. The largest absolute Gasteiger partial charge is 0.480 e. The standard InChI is InChI=1S/C12H11FN2O2S/c1-6-2-3-7(4-8(6)13)11-15-9(5-18-11)10(14)12(16)17/h2-5,10H,14H2,1H3,(H,16,17). The molecule has 94 valence electrons. The van der Waals surface area contributed by atoms with Gasteiger partial charge in [0.05, 0.1) is 5.69 Å². The molecule has 1 aromatic heterocycles. The predicted octanol–water partition coefficient (Wildman–Crippen LogP) is 2.34. The van der Waals surface area contributed by atoms with Crippen molar-refractivity contribution in [1.29, 1.82) is 0 Å². The lowest BCUT2D eigenvalue weighted by molar-refractivity contribution is -0.138. The Labute approximate surface area is 107 Å². The highest BCUT2D eigenvalue weighted by molar-refractivity contribution is 7.13. The van der Waals surface area contributed by atoms with E-state index >= 15 is 0 Å². The monoisotopic (exact) mass is 266 g/mol. The summed E-state index contributed by atoms with van der Waals surface area (Å²) in [6.45, 7) is 1.67. The first kappa shape index (κ1) is 12.7. The van der Waals surface area contributed by atoms with E-state index in [1.165, 1.54) is 17.4 Å². The van der Waals surface area contributed by atoms with Crippen molar-refractivity contribution in [1.82, 2.24) is 4.98 Å². The second kappa shape index (κ2) is 4.83. The quantitative estimate of drug-likeness (QED) is 0.894. The van der Waals surface area contributed by atoms with Gasteiger partial charge in [-0.15, -0.1) is 11.3 Å². The number of nitrogens with zero attached hydrogens (tertiary/aromatic N) is 1. The Morgan fingerprint density at radius 1 is 1.56 bits per heavy atom. The summed E-state index contributed by atoms with van der Waals surface area (Å²) < 4.78 is 13.4. The van der Waals surface area contributed by atoms with E-state index in [-0.39, 0.29) is 11.5 Å². The Hall–Kier alpha value is -1.79. The number of carbonyl (C=O) groups is 1. The highest BCUT2D eigenvalue weighted by Crippen LogP contribution is 2.27. The van der Waals surface area contributed by atoms with E-state index in [4.69, 9.17) is 10.8 Å². The maximum Gasteiger partial charge on any atom is 0.326 e. The third-order valence-electron chi connectivity index (χ3n) is 2.53. The number of carboxylic acids is 1. The minimum Gasteiger partial charge on any atom is -0.480 e. The van der Waals surface area contributed by atoms with Crippen LogP contribution in [0, 0.1) is 12.7 Å². The summed E-state index contributed by atoms with van der Waals surface area (Å²) in [6.07, 6.45) is 0. The van der Waals surface area contributed by atoms with Crippen molar-refractivity contribution in [3.63, 3.8) is 0 Å². The fourth-order valence-corrected chi connectivity index (χ4v) is 2.27. The van der Waals surface area contributed by atoms with Crippen LogP contribution in [0.3, 0.4) is 0 Å². The molecule has 4 nitrogen and oxygen atoms in total. The molecule has 0 spiro atoms. The zero-order chi connectivity index (χ0) is 13.3. The van der Waals surface area contributed by atoms with Gasteiger partial charge in [0.1, 0.15) is 16.9 Å². The minimum atomic E-state index is -1.15. The summed E-state index contributed by atoms with van der Waals surface area (Å²) in [7, 11) is 0. The number of benzene rings is 1. The minimum absolute atomic E-state index is 0.281. The zero-order valence-electron chi connectivity index (χ0n) is 9.55. The van der Waals surface area contributed by atoms with Gasteiger partial charge in [0.2, 0.25) is 0 Å². The van der Waals surface area contributed by atoms with Gasteiger partial charge in [-0.05, 0) is 18.6 Å². The molecule has 3 N–H and O–H groups in total. The average molecular weight is 266 g/mol. The summed E-state index contributed by atoms with van der Waals surface area (Å²) in [5, 5.41) is 10.9. The van der Waals surface area contributed by atoms with Crippen LogP contribution in [-0.4, -0.2) is 16.1 Å². The molecule has 18 heavy (non-hydrogen) atoms.